The van der Waals surface area contributed by atoms with Gasteiger partial charge in [0.25, 0.3) is 5.92 Å². The van der Waals surface area contributed by atoms with E-state index in [1.165, 1.54) is 30.6 Å². The fraction of sp³-hybridized carbons (Fsp3) is 0.556. The van der Waals surface area contributed by atoms with E-state index in [1.807, 2.05) is 6.92 Å². The molecule has 0 saturated carbocycles. The van der Waals surface area contributed by atoms with E-state index < -0.39 is 11.8 Å². The van der Waals surface area contributed by atoms with Gasteiger partial charge in [0.1, 0.15) is 0 Å². The van der Waals surface area contributed by atoms with Crippen LogP contribution in [0.1, 0.15) is 24.3 Å². The predicted molar refractivity (Wildman–Crippen MR) is 47.8 cm³/mol. The summed E-state index contributed by atoms with van der Waals surface area (Å²) in [6.07, 6.45) is 0. The Labute approximate surface area is 75.2 Å². The lowest BCUT2D eigenvalue weighted by Gasteiger charge is -2.18. The van der Waals surface area contributed by atoms with Crippen molar-refractivity contribution in [2.75, 3.05) is 0 Å². The van der Waals surface area contributed by atoms with Crippen LogP contribution >= 0.6 is 11.3 Å². The van der Waals surface area contributed by atoms with Gasteiger partial charge in [-0.1, -0.05) is 13.8 Å². The highest BCUT2D eigenvalue weighted by atomic mass is 32.1. The van der Waals surface area contributed by atoms with Crippen LogP contribution < -0.4 is 0 Å². The van der Waals surface area contributed by atoms with Gasteiger partial charge in [-0.2, -0.15) is 0 Å². The summed E-state index contributed by atoms with van der Waals surface area (Å²) < 4.78 is 26.6. The predicted octanol–water partition coefficient (Wildman–Crippen LogP) is 3.80. The zero-order valence-corrected chi connectivity index (χ0v) is 8.21. The normalized spacial score (nSPS) is 12.5. The topological polar surface area (TPSA) is 0 Å². The van der Waals surface area contributed by atoms with Crippen LogP contribution in [0.4, 0.5) is 8.78 Å². The summed E-state index contributed by atoms with van der Waals surface area (Å²) in [7, 11) is 0. The van der Waals surface area contributed by atoms with Crippen molar-refractivity contribution in [3.8, 4) is 0 Å². The smallest absolute Gasteiger partial charge is 0.201 e. The second-order valence-electron chi connectivity index (χ2n) is 3.22. The van der Waals surface area contributed by atoms with Gasteiger partial charge in [0.15, 0.2) is 0 Å². The maximum atomic E-state index is 13.3. The second-order valence-corrected chi connectivity index (χ2v) is 4.34. The molecule has 1 heterocycles. The number of rotatable bonds is 2. The Morgan fingerprint density at radius 3 is 2.33 bits per heavy atom. The Balaban J connectivity index is 2.97. The molecule has 0 aliphatic rings. The molecule has 0 bridgehead atoms. The van der Waals surface area contributed by atoms with Crippen molar-refractivity contribution in [2.24, 2.45) is 5.92 Å². The molecule has 12 heavy (non-hydrogen) atoms. The van der Waals surface area contributed by atoms with E-state index in [0.29, 0.717) is 0 Å². The summed E-state index contributed by atoms with van der Waals surface area (Å²) in [6, 6.07) is 1.56. The summed E-state index contributed by atoms with van der Waals surface area (Å²) in [5.74, 6) is -3.31. The van der Waals surface area contributed by atoms with E-state index in [2.05, 4.69) is 0 Å². The fourth-order valence-corrected chi connectivity index (χ4v) is 1.68. The van der Waals surface area contributed by atoms with Gasteiger partial charge in [0.2, 0.25) is 0 Å². The lowest BCUT2D eigenvalue weighted by atomic mass is 10.0. The van der Waals surface area contributed by atoms with Crippen molar-refractivity contribution in [3.63, 3.8) is 0 Å². The SMILES string of the molecule is Cc1cc(C(F)(F)C(C)C)cs1. The molecule has 0 radical (unpaired) electrons. The van der Waals surface area contributed by atoms with Crippen LogP contribution in [0.2, 0.25) is 0 Å². The van der Waals surface area contributed by atoms with Crippen LogP contribution in [0.5, 0.6) is 0 Å². The van der Waals surface area contributed by atoms with E-state index in [9.17, 15) is 8.78 Å². The molecule has 1 aromatic heterocycles. The summed E-state index contributed by atoms with van der Waals surface area (Å²) >= 11 is 1.37. The average molecular weight is 190 g/mol. The van der Waals surface area contributed by atoms with Crippen LogP contribution in [0.15, 0.2) is 11.4 Å². The molecule has 0 N–H and O–H groups in total. The zero-order valence-electron chi connectivity index (χ0n) is 7.40. The van der Waals surface area contributed by atoms with Crippen LogP contribution in [0, 0.1) is 12.8 Å². The summed E-state index contributed by atoms with van der Waals surface area (Å²) in [5, 5.41) is 1.54. The molecular weight excluding hydrogens is 178 g/mol. The maximum absolute atomic E-state index is 13.3. The average Bonchev–Trinajstić information content (AvgIpc) is 2.35. The number of halogens is 2. The first-order valence-corrected chi connectivity index (χ1v) is 4.76. The summed E-state index contributed by atoms with van der Waals surface area (Å²) in [6.45, 7) is 4.91. The largest absolute Gasteiger partial charge is 0.276 e. The van der Waals surface area contributed by atoms with Gasteiger partial charge in [0.05, 0.1) is 0 Å². The summed E-state index contributed by atoms with van der Waals surface area (Å²) in [5.41, 5.74) is 0.153. The van der Waals surface area contributed by atoms with E-state index in [-0.39, 0.29) is 5.56 Å². The van der Waals surface area contributed by atoms with E-state index in [0.717, 1.165) is 4.88 Å². The molecule has 0 aromatic carbocycles. The number of aryl methyl sites for hydroxylation is 1. The van der Waals surface area contributed by atoms with Crippen LogP contribution in [0.3, 0.4) is 0 Å². The molecule has 0 amide bonds. The third-order valence-corrected chi connectivity index (χ3v) is 2.70. The Kier molecular flexibility index (Phi) is 2.52. The summed E-state index contributed by atoms with van der Waals surface area (Å²) in [4.78, 5) is 0.935. The van der Waals surface area contributed by atoms with E-state index in [1.54, 1.807) is 6.07 Å². The molecule has 0 atom stereocenters. The molecule has 3 heteroatoms. The third-order valence-electron chi connectivity index (χ3n) is 1.84. The molecule has 0 nitrogen and oxygen atoms in total. The molecule has 1 rings (SSSR count). The van der Waals surface area contributed by atoms with Crippen molar-refractivity contribution in [2.45, 2.75) is 26.7 Å². The molecule has 1 aromatic rings. The van der Waals surface area contributed by atoms with Crippen LogP contribution in [-0.2, 0) is 5.92 Å². The lowest BCUT2D eigenvalue weighted by molar-refractivity contribution is -0.0510. The highest BCUT2D eigenvalue weighted by molar-refractivity contribution is 7.10. The molecule has 0 unspecified atom stereocenters. The van der Waals surface area contributed by atoms with E-state index >= 15 is 0 Å². The minimum Gasteiger partial charge on any atom is -0.201 e. The highest BCUT2D eigenvalue weighted by Crippen LogP contribution is 2.37. The highest BCUT2D eigenvalue weighted by Gasteiger charge is 2.35. The first kappa shape index (κ1) is 9.65. The van der Waals surface area contributed by atoms with Gasteiger partial charge in [-0.15, -0.1) is 11.3 Å². The number of hydrogen-bond donors (Lipinski definition) is 0. The van der Waals surface area contributed by atoms with Gasteiger partial charge < -0.3 is 0 Å². The van der Waals surface area contributed by atoms with Crippen molar-refractivity contribution in [1.82, 2.24) is 0 Å². The van der Waals surface area contributed by atoms with Gasteiger partial charge in [0, 0.05) is 21.7 Å². The van der Waals surface area contributed by atoms with Crippen molar-refractivity contribution >= 4 is 11.3 Å². The standard InChI is InChI=1S/C9H12F2S/c1-6(2)9(10,11)8-4-7(3)12-5-8/h4-6H,1-3H3. The Hall–Kier alpha value is -0.440. The van der Waals surface area contributed by atoms with Crippen molar-refractivity contribution in [3.05, 3.63) is 21.9 Å². The Morgan fingerprint density at radius 2 is 2.00 bits per heavy atom. The van der Waals surface area contributed by atoms with Crippen LogP contribution in [0.25, 0.3) is 0 Å². The number of thiophene rings is 1. The molecule has 68 valence electrons. The molecule has 0 aliphatic heterocycles. The zero-order chi connectivity index (χ0) is 9.35. The molecule has 0 spiro atoms. The molecular formula is C9H12F2S. The maximum Gasteiger partial charge on any atom is 0.276 e. The number of alkyl halides is 2. The molecule has 0 fully saturated rings. The minimum atomic E-state index is -2.68. The first-order chi connectivity index (χ1) is 5.44. The van der Waals surface area contributed by atoms with E-state index in [4.69, 9.17) is 0 Å². The minimum absolute atomic E-state index is 0.153. The van der Waals surface area contributed by atoms with Gasteiger partial charge >= 0.3 is 0 Å². The molecule has 0 saturated heterocycles. The monoisotopic (exact) mass is 190 g/mol. The van der Waals surface area contributed by atoms with Crippen LogP contribution in [-0.4, -0.2) is 0 Å². The first-order valence-electron chi connectivity index (χ1n) is 3.88. The Morgan fingerprint density at radius 1 is 1.42 bits per heavy atom. The van der Waals surface area contributed by atoms with Crippen molar-refractivity contribution < 1.29 is 8.78 Å². The van der Waals surface area contributed by atoms with Gasteiger partial charge in [-0.05, 0) is 13.0 Å². The Bertz CT molecular complexity index is 263. The number of hydrogen-bond acceptors (Lipinski definition) is 1. The van der Waals surface area contributed by atoms with Crippen molar-refractivity contribution in [1.29, 1.82) is 0 Å². The second kappa shape index (κ2) is 3.13. The van der Waals surface area contributed by atoms with Gasteiger partial charge in [-0.3, -0.25) is 0 Å². The fourth-order valence-electron chi connectivity index (χ4n) is 0.952. The lowest BCUT2D eigenvalue weighted by Crippen LogP contribution is -2.19. The molecule has 0 aliphatic carbocycles. The van der Waals surface area contributed by atoms with Gasteiger partial charge in [-0.25, -0.2) is 8.78 Å². The quantitative estimate of drug-likeness (QED) is 0.665. The third kappa shape index (κ3) is 1.66.